The van der Waals surface area contributed by atoms with Gasteiger partial charge in [-0.25, -0.2) is 0 Å². The maximum absolute atomic E-state index is 5.94. The molecular weight excluding hydrogens is 166 g/mol. The van der Waals surface area contributed by atoms with Crippen LogP contribution in [0, 0.1) is 5.92 Å². The Labute approximate surface area is 77.3 Å². The molecule has 1 aromatic heterocycles. The van der Waals surface area contributed by atoms with Crippen molar-refractivity contribution in [1.29, 1.82) is 0 Å². The summed E-state index contributed by atoms with van der Waals surface area (Å²) in [6.45, 7) is 0. The molecule has 13 heavy (non-hydrogen) atoms. The predicted octanol–water partition coefficient (Wildman–Crippen LogP) is -0.120. The molecule has 0 bridgehead atoms. The van der Waals surface area contributed by atoms with Gasteiger partial charge in [-0.3, -0.25) is 0 Å². The molecule has 0 saturated heterocycles. The molecule has 2 rings (SSSR count). The average molecular weight is 181 g/mol. The van der Waals surface area contributed by atoms with E-state index in [4.69, 9.17) is 5.73 Å². The van der Waals surface area contributed by atoms with E-state index in [1.54, 1.807) is 7.05 Å². The highest BCUT2D eigenvalue weighted by Crippen LogP contribution is 2.33. The molecule has 1 heterocycles. The number of hydrogen-bond acceptors (Lipinski definition) is 4. The molecule has 1 saturated carbocycles. The molecular formula is C8H15N5. The lowest BCUT2D eigenvalue weighted by atomic mass is 10.1. The highest BCUT2D eigenvalue weighted by Gasteiger charge is 2.24. The Morgan fingerprint density at radius 1 is 1.62 bits per heavy atom. The van der Waals surface area contributed by atoms with Gasteiger partial charge in [-0.15, -0.1) is 10.2 Å². The molecule has 1 unspecified atom stereocenters. The molecule has 1 fully saturated rings. The van der Waals surface area contributed by atoms with E-state index in [0.717, 1.165) is 24.6 Å². The van der Waals surface area contributed by atoms with Gasteiger partial charge in [0.05, 0.1) is 7.05 Å². The van der Waals surface area contributed by atoms with Crippen LogP contribution in [0.15, 0.2) is 0 Å². The van der Waals surface area contributed by atoms with Crippen LogP contribution < -0.4 is 5.73 Å². The molecule has 2 N–H and O–H groups in total. The fraction of sp³-hybridized carbons (Fsp3) is 0.875. The maximum Gasteiger partial charge on any atom is 0.176 e. The van der Waals surface area contributed by atoms with Gasteiger partial charge < -0.3 is 5.73 Å². The third kappa shape index (κ3) is 2.48. The van der Waals surface area contributed by atoms with Crippen molar-refractivity contribution in [2.24, 2.45) is 18.7 Å². The van der Waals surface area contributed by atoms with E-state index in [2.05, 4.69) is 15.4 Å². The summed E-state index contributed by atoms with van der Waals surface area (Å²) in [5.74, 6) is 1.63. The van der Waals surface area contributed by atoms with Crippen molar-refractivity contribution in [1.82, 2.24) is 20.2 Å². The summed E-state index contributed by atoms with van der Waals surface area (Å²) >= 11 is 0. The van der Waals surface area contributed by atoms with Gasteiger partial charge in [0.15, 0.2) is 5.82 Å². The molecule has 0 aliphatic heterocycles. The highest BCUT2D eigenvalue weighted by molar-refractivity contribution is 4.86. The van der Waals surface area contributed by atoms with Crippen molar-refractivity contribution in [3.8, 4) is 0 Å². The van der Waals surface area contributed by atoms with Crippen LogP contribution in [0.25, 0.3) is 0 Å². The third-order valence-electron chi connectivity index (χ3n) is 2.33. The zero-order valence-electron chi connectivity index (χ0n) is 7.85. The van der Waals surface area contributed by atoms with Crippen LogP contribution in [0.4, 0.5) is 0 Å². The zero-order valence-corrected chi connectivity index (χ0v) is 7.85. The molecule has 0 amide bonds. The second kappa shape index (κ2) is 3.41. The second-order valence-corrected chi connectivity index (χ2v) is 3.84. The van der Waals surface area contributed by atoms with Crippen LogP contribution >= 0.6 is 0 Å². The first-order valence-electron chi connectivity index (χ1n) is 4.72. The average Bonchev–Trinajstić information content (AvgIpc) is 2.76. The molecule has 5 nitrogen and oxygen atoms in total. The van der Waals surface area contributed by atoms with E-state index >= 15 is 0 Å². The van der Waals surface area contributed by atoms with Gasteiger partial charge in [-0.1, -0.05) is 12.8 Å². The van der Waals surface area contributed by atoms with Crippen LogP contribution in [-0.4, -0.2) is 26.2 Å². The molecule has 1 aliphatic rings. The molecule has 72 valence electrons. The monoisotopic (exact) mass is 181 g/mol. The van der Waals surface area contributed by atoms with E-state index < -0.39 is 0 Å². The molecule has 0 radical (unpaired) electrons. The van der Waals surface area contributed by atoms with Gasteiger partial charge in [0.1, 0.15) is 0 Å². The van der Waals surface area contributed by atoms with Gasteiger partial charge in [-0.05, 0) is 17.6 Å². The Kier molecular flexibility index (Phi) is 2.26. The first kappa shape index (κ1) is 8.62. The Morgan fingerprint density at radius 3 is 2.92 bits per heavy atom. The normalized spacial score (nSPS) is 18.9. The minimum absolute atomic E-state index is 0.205. The van der Waals surface area contributed by atoms with Crippen LogP contribution in [0.2, 0.25) is 0 Å². The lowest BCUT2D eigenvalue weighted by Crippen LogP contribution is -2.24. The van der Waals surface area contributed by atoms with Gasteiger partial charge >= 0.3 is 0 Å². The number of hydrogen-bond donors (Lipinski definition) is 1. The Hall–Kier alpha value is -0.970. The van der Waals surface area contributed by atoms with E-state index in [-0.39, 0.29) is 6.04 Å². The van der Waals surface area contributed by atoms with Crippen molar-refractivity contribution < 1.29 is 0 Å². The van der Waals surface area contributed by atoms with Crippen molar-refractivity contribution in [3.63, 3.8) is 0 Å². The van der Waals surface area contributed by atoms with E-state index in [9.17, 15) is 0 Å². The van der Waals surface area contributed by atoms with Crippen molar-refractivity contribution in [3.05, 3.63) is 5.82 Å². The van der Waals surface area contributed by atoms with Gasteiger partial charge in [-0.2, -0.15) is 4.80 Å². The molecule has 0 aromatic carbocycles. The second-order valence-electron chi connectivity index (χ2n) is 3.84. The van der Waals surface area contributed by atoms with Gasteiger partial charge in [0.25, 0.3) is 0 Å². The SMILES string of the molecule is Cn1nnc(CC(N)CC2CC2)n1. The van der Waals surface area contributed by atoms with Crippen LogP contribution in [0.5, 0.6) is 0 Å². The topological polar surface area (TPSA) is 69.6 Å². The summed E-state index contributed by atoms with van der Waals surface area (Å²) in [7, 11) is 1.77. The van der Waals surface area contributed by atoms with Crippen molar-refractivity contribution >= 4 is 0 Å². The van der Waals surface area contributed by atoms with Crippen molar-refractivity contribution in [2.45, 2.75) is 31.7 Å². The van der Waals surface area contributed by atoms with Gasteiger partial charge in [0, 0.05) is 12.5 Å². The number of nitrogens with two attached hydrogens (primary N) is 1. The largest absolute Gasteiger partial charge is 0.327 e. The lowest BCUT2D eigenvalue weighted by molar-refractivity contribution is 0.551. The molecule has 1 aliphatic carbocycles. The van der Waals surface area contributed by atoms with Crippen molar-refractivity contribution in [2.75, 3.05) is 0 Å². The number of nitrogens with zero attached hydrogens (tertiary/aromatic N) is 4. The quantitative estimate of drug-likeness (QED) is 0.703. The Balaban J connectivity index is 1.82. The standard InChI is InChI=1S/C8H15N5/c1-13-11-8(10-12-13)5-7(9)4-6-2-3-6/h6-7H,2-5,9H2,1H3. The molecule has 1 aromatic rings. The summed E-state index contributed by atoms with van der Waals surface area (Å²) in [6.07, 6.45) is 4.56. The first-order chi connectivity index (χ1) is 6.24. The first-order valence-corrected chi connectivity index (χ1v) is 4.72. The maximum atomic E-state index is 5.94. The summed E-state index contributed by atoms with van der Waals surface area (Å²) in [5.41, 5.74) is 5.94. The fourth-order valence-electron chi connectivity index (χ4n) is 1.50. The molecule has 0 spiro atoms. The number of aromatic nitrogens is 4. The Morgan fingerprint density at radius 2 is 2.38 bits per heavy atom. The van der Waals surface area contributed by atoms with Crippen LogP contribution in [-0.2, 0) is 13.5 Å². The minimum Gasteiger partial charge on any atom is -0.327 e. The highest BCUT2D eigenvalue weighted by atomic mass is 15.6. The third-order valence-corrected chi connectivity index (χ3v) is 2.33. The molecule has 1 atom stereocenters. The minimum atomic E-state index is 0.205. The van der Waals surface area contributed by atoms with Gasteiger partial charge in [0.2, 0.25) is 0 Å². The molecule has 5 heteroatoms. The van der Waals surface area contributed by atoms with Crippen LogP contribution in [0.3, 0.4) is 0 Å². The fourth-order valence-corrected chi connectivity index (χ4v) is 1.50. The van der Waals surface area contributed by atoms with Crippen LogP contribution in [0.1, 0.15) is 25.1 Å². The van der Waals surface area contributed by atoms with E-state index in [0.29, 0.717) is 0 Å². The summed E-state index contributed by atoms with van der Waals surface area (Å²) in [4.78, 5) is 1.47. The number of aryl methyl sites for hydroxylation is 1. The smallest absolute Gasteiger partial charge is 0.176 e. The van der Waals surface area contributed by atoms with E-state index in [1.165, 1.54) is 17.6 Å². The number of rotatable bonds is 4. The number of tetrazole rings is 1. The lowest BCUT2D eigenvalue weighted by Gasteiger charge is -2.06. The predicted molar refractivity (Wildman–Crippen MR) is 47.8 cm³/mol. The van der Waals surface area contributed by atoms with E-state index in [1.807, 2.05) is 0 Å². The Bertz CT molecular complexity index is 278. The zero-order chi connectivity index (χ0) is 9.26. The summed E-state index contributed by atoms with van der Waals surface area (Å²) in [5, 5.41) is 11.8. The summed E-state index contributed by atoms with van der Waals surface area (Å²) < 4.78 is 0. The summed E-state index contributed by atoms with van der Waals surface area (Å²) in [6, 6.07) is 0.205.